The molecule has 3 heterocycles. The molecular weight excluding hydrogens is 510 g/mol. The van der Waals surface area contributed by atoms with Crippen LogP contribution in [0.3, 0.4) is 0 Å². The smallest absolute Gasteiger partial charge is 0.217 e. The minimum absolute atomic E-state index is 0.619. The van der Waals surface area contributed by atoms with Crippen LogP contribution in [0, 0.1) is 0 Å². The maximum absolute atomic E-state index is 11.6. The molecule has 0 spiro atoms. The van der Waals surface area contributed by atoms with Crippen molar-refractivity contribution in [3.8, 4) is 0 Å². The zero-order chi connectivity index (χ0) is 27.6. The Morgan fingerprint density at radius 3 is 1.73 bits per heavy atom. The molecule has 3 aliphatic heterocycles. The second-order valence-corrected chi connectivity index (χ2v) is 9.11. The van der Waals surface area contributed by atoms with Crippen LogP contribution in [-0.2, 0) is 28.5 Å². The fourth-order valence-corrected chi connectivity index (χ4v) is 4.36. The first-order chi connectivity index (χ1) is 17.4. The van der Waals surface area contributed by atoms with Crippen molar-refractivity contribution in [1.82, 2.24) is 5.32 Å². The highest BCUT2D eigenvalue weighted by Gasteiger charge is 2.52. The van der Waals surface area contributed by atoms with Gasteiger partial charge in [-0.15, -0.1) is 0 Å². The minimum Gasteiger partial charge on any atom is -0.394 e. The van der Waals surface area contributed by atoms with Gasteiger partial charge in [0.15, 0.2) is 18.9 Å². The molecule has 0 aromatic carbocycles. The normalized spacial score (nSPS) is 49.0. The predicted octanol–water partition coefficient (Wildman–Crippen LogP) is -7.43. The van der Waals surface area contributed by atoms with Crippen molar-refractivity contribution in [2.45, 2.75) is 99.0 Å². The van der Waals surface area contributed by atoms with E-state index in [1.54, 1.807) is 0 Å². The fraction of sp³-hybridized carbons (Fsp3) is 0.950. The number of rotatable bonds is 8. The van der Waals surface area contributed by atoms with Gasteiger partial charge in [-0.3, -0.25) is 4.79 Å². The standard InChI is InChI=1S/C20H35NO16/c1-5(24)21-9-12(27)17(37-20-16(31)14(29)11(26)7(3-23)36-20)8(34-18(9)32)4-33-19-15(30)13(28)10(25)6(2-22)35-19/h6-20,22-23,25-32H,2-4H2,1H3,(H,21,24)/t6-,7-,8-,9-,10-,11+,12-,13+,14+,15-,16-,17-,18?,19-,20+/m1/s1. The quantitative estimate of drug-likeness (QED) is 0.135. The average Bonchev–Trinajstić information content (AvgIpc) is 2.86. The van der Waals surface area contributed by atoms with Gasteiger partial charge < -0.3 is 80.1 Å². The number of hydrogen-bond donors (Lipinski definition) is 11. The van der Waals surface area contributed by atoms with Gasteiger partial charge in [-0.05, 0) is 0 Å². The lowest BCUT2D eigenvalue weighted by Crippen LogP contribution is -2.67. The summed E-state index contributed by atoms with van der Waals surface area (Å²) in [5.41, 5.74) is 0. The van der Waals surface area contributed by atoms with E-state index in [9.17, 15) is 55.9 Å². The fourth-order valence-electron chi connectivity index (χ4n) is 4.36. The van der Waals surface area contributed by atoms with Crippen molar-refractivity contribution in [2.24, 2.45) is 0 Å². The van der Waals surface area contributed by atoms with Crippen LogP contribution in [0.1, 0.15) is 6.92 Å². The highest BCUT2D eigenvalue weighted by atomic mass is 16.7. The summed E-state index contributed by atoms with van der Waals surface area (Å²) >= 11 is 0. The number of ether oxygens (including phenoxy) is 5. The van der Waals surface area contributed by atoms with Crippen molar-refractivity contribution in [3.05, 3.63) is 0 Å². The summed E-state index contributed by atoms with van der Waals surface area (Å²) in [4.78, 5) is 11.6. The molecule has 15 atom stereocenters. The van der Waals surface area contributed by atoms with E-state index in [0.29, 0.717) is 0 Å². The largest absolute Gasteiger partial charge is 0.394 e. The molecule has 0 bridgehead atoms. The Labute approximate surface area is 210 Å². The molecule has 0 radical (unpaired) electrons. The van der Waals surface area contributed by atoms with Crippen molar-refractivity contribution < 1.29 is 79.5 Å². The van der Waals surface area contributed by atoms with E-state index in [2.05, 4.69) is 5.32 Å². The molecule has 1 amide bonds. The maximum Gasteiger partial charge on any atom is 0.217 e. The third kappa shape index (κ3) is 6.55. The lowest BCUT2D eigenvalue weighted by Gasteiger charge is -2.47. The molecule has 11 N–H and O–H groups in total. The number of hydrogen-bond acceptors (Lipinski definition) is 16. The van der Waals surface area contributed by atoms with Gasteiger partial charge in [0.1, 0.15) is 73.2 Å². The highest BCUT2D eigenvalue weighted by molar-refractivity contribution is 5.73. The first-order valence-corrected chi connectivity index (χ1v) is 11.6. The predicted molar refractivity (Wildman–Crippen MR) is 113 cm³/mol. The first kappa shape index (κ1) is 30.4. The van der Waals surface area contributed by atoms with Crippen LogP contribution in [0.4, 0.5) is 0 Å². The molecule has 0 aromatic rings. The lowest BCUT2D eigenvalue weighted by molar-refractivity contribution is -0.353. The molecule has 3 fully saturated rings. The minimum atomic E-state index is -1.86. The van der Waals surface area contributed by atoms with E-state index in [-0.39, 0.29) is 0 Å². The van der Waals surface area contributed by atoms with Crippen molar-refractivity contribution in [2.75, 3.05) is 19.8 Å². The summed E-state index contributed by atoms with van der Waals surface area (Å²) in [6.07, 6.45) is -23.0. The lowest BCUT2D eigenvalue weighted by atomic mass is 9.95. The maximum atomic E-state index is 11.6. The number of nitrogens with one attached hydrogen (secondary N) is 1. The van der Waals surface area contributed by atoms with Gasteiger partial charge in [0, 0.05) is 6.92 Å². The van der Waals surface area contributed by atoms with E-state index in [0.717, 1.165) is 6.92 Å². The van der Waals surface area contributed by atoms with Crippen LogP contribution in [-0.4, -0.2) is 169 Å². The van der Waals surface area contributed by atoms with Gasteiger partial charge in [0.2, 0.25) is 5.91 Å². The van der Waals surface area contributed by atoms with E-state index in [1.807, 2.05) is 0 Å². The molecule has 3 rings (SSSR count). The SMILES string of the molecule is CC(=O)N[C@H]1C(O)O[C@H](CO[C@@H]2O[C@H](CO)[C@@H](O)[C@H](O)[C@H]2O)[C@@H](O[C@@H]2O[C@H](CO)[C@H](O)[C@H](O)[C@H]2O)[C@@H]1O. The summed E-state index contributed by atoms with van der Waals surface area (Å²) in [6, 6.07) is -1.43. The summed E-state index contributed by atoms with van der Waals surface area (Å²) in [7, 11) is 0. The Morgan fingerprint density at radius 2 is 1.22 bits per heavy atom. The van der Waals surface area contributed by atoms with Crippen LogP contribution in [0.25, 0.3) is 0 Å². The van der Waals surface area contributed by atoms with Crippen LogP contribution < -0.4 is 5.32 Å². The van der Waals surface area contributed by atoms with Crippen molar-refractivity contribution in [3.63, 3.8) is 0 Å². The number of carbonyl (C=O) groups excluding carboxylic acids is 1. The summed E-state index contributed by atoms with van der Waals surface area (Å²) in [5.74, 6) is -0.644. The Kier molecular flexibility index (Phi) is 10.5. The van der Waals surface area contributed by atoms with Gasteiger partial charge in [-0.1, -0.05) is 0 Å². The molecule has 3 aliphatic rings. The summed E-state index contributed by atoms with van der Waals surface area (Å²) in [5, 5.41) is 103. The van der Waals surface area contributed by atoms with Gasteiger partial charge in [0.05, 0.1) is 19.8 Å². The van der Waals surface area contributed by atoms with Gasteiger partial charge >= 0.3 is 0 Å². The first-order valence-electron chi connectivity index (χ1n) is 11.6. The Morgan fingerprint density at radius 1 is 0.703 bits per heavy atom. The second kappa shape index (κ2) is 12.8. The Hall–Kier alpha value is -1.13. The molecule has 0 aliphatic carbocycles. The number of amides is 1. The zero-order valence-electron chi connectivity index (χ0n) is 19.7. The average molecular weight is 545 g/mol. The van der Waals surface area contributed by atoms with Crippen LogP contribution in [0.2, 0.25) is 0 Å². The summed E-state index contributed by atoms with van der Waals surface area (Å²) < 4.78 is 27.0. The molecule has 17 nitrogen and oxygen atoms in total. The zero-order valence-corrected chi connectivity index (χ0v) is 19.7. The highest BCUT2D eigenvalue weighted by Crippen LogP contribution is 2.30. The Bertz CT molecular complexity index is 743. The topological polar surface area (TPSA) is 278 Å². The number of aliphatic hydroxyl groups is 10. The Balaban J connectivity index is 1.78. The van der Waals surface area contributed by atoms with E-state index in [4.69, 9.17) is 23.7 Å². The molecule has 17 heteroatoms. The number of aliphatic hydroxyl groups excluding tert-OH is 10. The molecule has 37 heavy (non-hydrogen) atoms. The van der Waals surface area contributed by atoms with Crippen LogP contribution in [0.5, 0.6) is 0 Å². The molecular formula is C20H35NO16. The third-order valence-electron chi connectivity index (χ3n) is 6.48. The molecule has 0 saturated carbocycles. The molecule has 0 aromatic heterocycles. The van der Waals surface area contributed by atoms with Gasteiger partial charge in [-0.25, -0.2) is 0 Å². The van der Waals surface area contributed by atoms with Crippen molar-refractivity contribution in [1.29, 1.82) is 0 Å². The number of carbonyl (C=O) groups is 1. The van der Waals surface area contributed by atoms with Gasteiger partial charge in [0.25, 0.3) is 0 Å². The third-order valence-corrected chi connectivity index (χ3v) is 6.48. The monoisotopic (exact) mass is 545 g/mol. The molecule has 3 saturated heterocycles. The molecule has 216 valence electrons. The summed E-state index contributed by atoms with van der Waals surface area (Å²) in [6.45, 7) is -0.984. The van der Waals surface area contributed by atoms with E-state index >= 15 is 0 Å². The molecule has 1 unspecified atom stereocenters. The van der Waals surface area contributed by atoms with Crippen molar-refractivity contribution >= 4 is 5.91 Å². The van der Waals surface area contributed by atoms with E-state index in [1.165, 1.54) is 0 Å². The second-order valence-electron chi connectivity index (χ2n) is 9.11. The van der Waals surface area contributed by atoms with E-state index < -0.39 is 118 Å². The van der Waals surface area contributed by atoms with Crippen LogP contribution >= 0.6 is 0 Å². The van der Waals surface area contributed by atoms with Crippen LogP contribution in [0.15, 0.2) is 0 Å². The van der Waals surface area contributed by atoms with Gasteiger partial charge in [-0.2, -0.15) is 0 Å².